The second-order valence-electron chi connectivity index (χ2n) is 7.79. The van der Waals surface area contributed by atoms with Crippen LogP contribution in [-0.2, 0) is 19.9 Å². The number of benzene rings is 1. The fourth-order valence-electron chi connectivity index (χ4n) is 3.74. The zero-order valence-corrected chi connectivity index (χ0v) is 18.6. The van der Waals surface area contributed by atoms with Crippen molar-refractivity contribution in [3.05, 3.63) is 29.8 Å². The number of amides is 1. The monoisotopic (exact) mass is 444 g/mol. The molecule has 0 aliphatic carbocycles. The number of rotatable bonds is 5. The molecule has 0 aromatic heterocycles. The standard InChI is InChI=1S/C18H28N4O5S2/c1-19(2)22(16-7-12-28(24,25)14-16)18(23)15-5-4-6-17(13-15)29(26,27)21-10-8-20(3)9-11-21/h4-6,13,16H,7-12,14H2,1-3H3. The molecule has 11 heteroatoms. The second-order valence-corrected chi connectivity index (χ2v) is 12.0. The van der Waals surface area contributed by atoms with E-state index in [-0.39, 0.29) is 22.0 Å². The SMILES string of the molecule is CN1CCN(S(=O)(=O)c2cccc(C(=O)N(C3CCS(=O)(=O)C3)N(C)C)c2)CC1. The highest BCUT2D eigenvalue weighted by atomic mass is 32.2. The molecule has 0 radical (unpaired) electrons. The Morgan fingerprint density at radius 3 is 2.34 bits per heavy atom. The lowest BCUT2D eigenvalue weighted by molar-refractivity contribution is 0.000987. The summed E-state index contributed by atoms with van der Waals surface area (Å²) in [7, 11) is -1.57. The summed E-state index contributed by atoms with van der Waals surface area (Å²) in [6, 6.07) is 5.53. The Bertz CT molecular complexity index is 970. The summed E-state index contributed by atoms with van der Waals surface area (Å²) < 4.78 is 51.2. The fraction of sp³-hybridized carbons (Fsp3) is 0.611. The van der Waals surface area contributed by atoms with E-state index in [1.807, 2.05) is 7.05 Å². The Morgan fingerprint density at radius 1 is 1.14 bits per heavy atom. The van der Waals surface area contributed by atoms with Crippen molar-refractivity contribution in [3.63, 3.8) is 0 Å². The van der Waals surface area contributed by atoms with Crippen LogP contribution >= 0.6 is 0 Å². The van der Waals surface area contributed by atoms with Crippen LogP contribution < -0.4 is 0 Å². The van der Waals surface area contributed by atoms with Crippen LogP contribution in [0.1, 0.15) is 16.8 Å². The molecule has 162 valence electrons. The van der Waals surface area contributed by atoms with Gasteiger partial charge in [0.1, 0.15) is 0 Å². The van der Waals surface area contributed by atoms with E-state index >= 15 is 0 Å². The molecule has 29 heavy (non-hydrogen) atoms. The molecule has 0 saturated carbocycles. The molecule has 1 unspecified atom stereocenters. The maximum atomic E-state index is 13.2. The van der Waals surface area contributed by atoms with Gasteiger partial charge in [-0.15, -0.1) is 0 Å². The Balaban J connectivity index is 1.86. The topological polar surface area (TPSA) is 98.3 Å². The van der Waals surface area contributed by atoms with Crippen molar-refractivity contribution in [1.82, 2.24) is 19.2 Å². The Kier molecular flexibility index (Phi) is 6.35. The molecule has 1 aromatic carbocycles. The number of carbonyl (C=O) groups excluding carboxylic acids is 1. The summed E-state index contributed by atoms with van der Waals surface area (Å²) in [6.45, 7) is 2.12. The summed E-state index contributed by atoms with van der Waals surface area (Å²) in [4.78, 5) is 15.3. The van der Waals surface area contributed by atoms with Gasteiger partial charge < -0.3 is 4.90 Å². The van der Waals surface area contributed by atoms with Crippen molar-refractivity contribution in [2.45, 2.75) is 17.4 Å². The van der Waals surface area contributed by atoms with Crippen LogP contribution in [0.4, 0.5) is 0 Å². The first-order valence-corrected chi connectivity index (χ1v) is 12.8. The number of piperazine rings is 1. The third-order valence-corrected chi connectivity index (χ3v) is 9.02. The number of sulfonamides is 1. The minimum Gasteiger partial charge on any atom is -0.304 e. The number of carbonyl (C=O) groups is 1. The number of hydrogen-bond acceptors (Lipinski definition) is 7. The summed E-state index contributed by atoms with van der Waals surface area (Å²) in [6.07, 6.45) is 0.367. The van der Waals surface area contributed by atoms with Gasteiger partial charge in [0, 0.05) is 45.8 Å². The van der Waals surface area contributed by atoms with Crippen molar-refractivity contribution in [3.8, 4) is 0 Å². The minimum absolute atomic E-state index is 0.0487. The minimum atomic E-state index is -3.70. The molecule has 0 spiro atoms. The van der Waals surface area contributed by atoms with Crippen molar-refractivity contribution in [1.29, 1.82) is 0 Å². The van der Waals surface area contributed by atoms with Gasteiger partial charge in [-0.25, -0.2) is 21.8 Å². The molecule has 2 saturated heterocycles. The molecule has 3 rings (SSSR count). The van der Waals surface area contributed by atoms with Crippen LogP contribution in [0.2, 0.25) is 0 Å². The van der Waals surface area contributed by atoms with E-state index in [1.165, 1.54) is 21.4 Å². The molecule has 2 fully saturated rings. The summed E-state index contributed by atoms with van der Waals surface area (Å²) in [5.74, 6) is -0.448. The normalized spacial score (nSPS) is 23.4. The summed E-state index contributed by atoms with van der Waals surface area (Å²) in [5.41, 5.74) is 0.221. The van der Waals surface area contributed by atoms with Gasteiger partial charge in [-0.3, -0.25) is 9.80 Å². The molecular formula is C18H28N4O5S2. The lowest BCUT2D eigenvalue weighted by Gasteiger charge is -2.34. The lowest BCUT2D eigenvalue weighted by atomic mass is 10.1. The number of nitrogens with zero attached hydrogens (tertiary/aromatic N) is 4. The molecule has 0 bridgehead atoms. The van der Waals surface area contributed by atoms with Gasteiger partial charge in [0.25, 0.3) is 5.91 Å². The average molecular weight is 445 g/mol. The second kappa shape index (κ2) is 8.31. The van der Waals surface area contributed by atoms with Crippen LogP contribution in [0.3, 0.4) is 0 Å². The molecule has 9 nitrogen and oxygen atoms in total. The van der Waals surface area contributed by atoms with Crippen LogP contribution in [0.5, 0.6) is 0 Å². The molecule has 2 aliphatic rings. The predicted octanol–water partition coefficient (Wildman–Crippen LogP) is -0.271. The largest absolute Gasteiger partial charge is 0.304 e. The van der Waals surface area contributed by atoms with Gasteiger partial charge in [-0.1, -0.05) is 6.07 Å². The number of hydrazine groups is 1. The van der Waals surface area contributed by atoms with E-state index in [1.54, 1.807) is 31.2 Å². The fourth-order valence-corrected chi connectivity index (χ4v) is 6.90. The van der Waals surface area contributed by atoms with Crippen molar-refractivity contribution in [2.24, 2.45) is 0 Å². The molecule has 0 N–H and O–H groups in total. The van der Waals surface area contributed by atoms with Gasteiger partial charge in [-0.2, -0.15) is 4.31 Å². The number of sulfone groups is 1. The maximum Gasteiger partial charge on any atom is 0.268 e. The maximum absolute atomic E-state index is 13.2. The number of likely N-dealkylation sites (N-methyl/N-ethyl adjacent to an activating group) is 1. The first-order chi connectivity index (χ1) is 13.5. The van der Waals surface area contributed by atoms with Crippen LogP contribution in [0.25, 0.3) is 0 Å². The van der Waals surface area contributed by atoms with E-state index in [4.69, 9.17) is 0 Å². The molecule has 2 aliphatic heterocycles. The summed E-state index contributed by atoms with van der Waals surface area (Å²) >= 11 is 0. The van der Waals surface area contributed by atoms with E-state index in [0.717, 1.165) is 0 Å². The smallest absolute Gasteiger partial charge is 0.268 e. The molecular weight excluding hydrogens is 416 g/mol. The molecule has 1 amide bonds. The van der Waals surface area contributed by atoms with E-state index in [9.17, 15) is 21.6 Å². The highest BCUT2D eigenvalue weighted by Crippen LogP contribution is 2.23. The molecule has 1 atom stereocenters. The van der Waals surface area contributed by atoms with E-state index in [2.05, 4.69) is 4.90 Å². The molecule has 2 heterocycles. The van der Waals surface area contributed by atoms with Gasteiger partial charge in [0.15, 0.2) is 9.84 Å². The third-order valence-electron chi connectivity index (χ3n) is 5.37. The Hall–Kier alpha value is -1.53. The average Bonchev–Trinajstić information content (AvgIpc) is 3.01. The van der Waals surface area contributed by atoms with Gasteiger partial charge >= 0.3 is 0 Å². The van der Waals surface area contributed by atoms with Crippen LogP contribution in [-0.4, -0.2) is 107 Å². The quantitative estimate of drug-likeness (QED) is 0.577. The van der Waals surface area contributed by atoms with Gasteiger partial charge in [0.05, 0.1) is 22.4 Å². The van der Waals surface area contributed by atoms with Crippen molar-refractivity contribution in [2.75, 3.05) is 58.8 Å². The third kappa shape index (κ3) is 4.80. The first-order valence-electron chi connectivity index (χ1n) is 9.51. The van der Waals surface area contributed by atoms with Crippen LogP contribution in [0, 0.1) is 0 Å². The highest BCUT2D eigenvalue weighted by Gasteiger charge is 2.37. The number of hydrogen-bond donors (Lipinski definition) is 0. The Labute approximate surface area is 172 Å². The van der Waals surface area contributed by atoms with Gasteiger partial charge in [-0.05, 0) is 31.7 Å². The van der Waals surface area contributed by atoms with Crippen LogP contribution in [0.15, 0.2) is 29.2 Å². The summed E-state index contributed by atoms with van der Waals surface area (Å²) in [5, 5.41) is 2.97. The highest BCUT2D eigenvalue weighted by molar-refractivity contribution is 7.91. The Morgan fingerprint density at radius 2 is 1.79 bits per heavy atom. The van der Waals surface area contributed by atoms with Crippen molar-refractivity contribution < 1.29 is 21.6 Å². The lowest BCUT2D eigenvalue weighted by Crippen LogP contribution is -2.49. The van der Waals surface area contributed by atoms with Crippen molar-refractivity contribution >= 4 is 25.8 Å². The zero-order valence-electron chi connectivity index (χ0n) is 17.0. The predicted molar refractivity (Wildman–Crippen MR) is 110 cm³/mol. The zero-order chi connectivity index (χ0) is 21.4. The van der Waals surface area contributed by atoms with Gasteiger partial charge in [0.2, 0.25) is 10.0 Å². The first kappa shape index (κ1) is 22.2. The van der Waals surface area contributed by atoms with E-state index < -0.39 is 31.8 Å². The van der Waals surface area contributed by atoms with E-state index in [0.29, 0.717) is 32.6 Å². The molecule has 1 aromatic rings.